The van der Waals surface area contributed by atoms with Gasteiger partial charge < -0.3 is 10.3 Å². The molecule has 0 spiro atoms. The van der Waals surface area contributed by atoms with Crippen LogP contribution in [0.15, 0.2) is 41.2 Å². The van der Waals surface area contributed by atoms with Gasteiger partial charge in [0.1, 0.15) is 0 Å². The van der Waals surface area contributed by atoms with Gasteiger partial charge in [0, 0.05) is 17.8 Å². The van der Waals surface area contributed by atoms with Crippen molar-refractivity contribution in [1.82, 2.24) is 10.3 Å². The van der Waals surface area contributed by atoms with Crippen molar-refractivity contribution in [2.45, 2.75) is 45.1 Å². The minimum Gasteiger partial charge on any atom is -0.349 e. The van der Waals surface area contributed by atoms with Gasteiger partial charge in [-0.05, 0) is 42.4 Å². The number of carbonyl (C=O) groups is 1. The van der Waals surface area contributed by atoms with Gasteiger partial charge in [0.15, 0.2) is 0 Å². The average Bonchev–Trinajstić information content (AvgIpc) is 2.54. The maximum absolute atomic E-state index is 12.6. The van der Waals surface area contributed by atoms with E-state index in [1.807, 2.05) is 19.9 Å². The molecule has 1 aliphatic carbocycles. The first-order valence-electron chi connectivity index (χ1n) is 8.15. The van der Waals surface area contributed by atoms with Crippen molar-refractivity contribution in [3.8, 4) is 0 Å². The SMILES string of the molecule is CC(C)c1[nH]c(=O)ccc1C(=O)NC1CCc2ccccc2C1. The zero-order valence-corrected chi connectivity index (χ0v) is 13.6. The Bertz CT molecular complexity index is 777. The van der Waals surface area contributed by atoms with Crippen molar-refractivity contribution in [3.05, 3.63) is 69.1 Å². The first-order chi connectivity index (χ1) is 11.0. The van der Waals surface area contributed by atoms with Gasteiger partial charge in [-0.25, -0.2) is 0 Å². The number of pyridine rings is 1. The van der Waals surface area contributed by atoms with Crippen LogP contribution in [0.4, 0.5) is 0 Å². The minimum atomic E-state index is -0.170. The summed E-state index contributed by atoms with van der Waals surface area (Å²) in [5.41, 5.74) is 3.79. The molecular formula is C19H22N2O2. The summed E-state index contributed by atoms with van der Waals surface area (Å²) >= 11 is 0. The van der Waals surface area contributed by atoms with E-state index in [1.165, 1.54) is 17.2 Å². The average molecular weight is 310 g/mol. The van der Waals surface area contributed by atoms with E-state index in [4.69, 9.17) is 0 Å². The molecule has 1 unspecified atom stereocenters. The maximum atomic E-state index is 12.6. The summed E-state index contributed by atoms with van der Waals surface area (Å²) in [6, 6.07) is 11.6. The molecule has 3 rings (SSSR count). The summed E-state index contributed by atoms with van der Waals surface area (Å²) in [7, 11) is 0. The Hall–Kier alpha value is -2.36. The highest BCUT2D eigenvalue weighted by Gasteiger charge is 2.22. The molecule has 0 radical (unpaired) electrons. The van der Waals surface area contributed by atoms with Crippen LogP contribution >= 0.6 is 0 Å². The van der Waals surface area contributed by atoms with Gasteiger partial charge in [-0.1, -0.05) is 38.1 Å². The summed E-state index contributed by atoms with van der Waals surface area (Å²) in [6.07, 6.45) is 2.80. The second kappa shape index (κ2) is 6.41. The smallest absolute Gasteiger partial charge is 0.253 e. The summed E-state index contributed by atoms with van der Waals surface area (Å²) in [6.45, 7) is 3.94. The number of carbonyl (C=O) groups excluding carboxylic acids is 1. The van der Waals surface area contributed by atoms with Crippen LogP contribution in [-0.4, -0.2) is 16.9 Å². The Morgan fingerprint density at radius 1 is 1.17 bits per heavy atom. The highest BCUT2D eigenvalue weighted by atomic mass is 16.2. The van der Waals surface area contributed by atoms with Gasteiger partial charge >= 0.3 is 0 Å². The Kier molecular flexibility index (Phi) is 4.33. The fraction of sp³-hybridized carbons (Fsp3) is 0.368. The fourth-order valence-electron chi connectivity index (χ4n) is 3.23. The Balaban J connectivity index is 1.77. The predicted molar refractivity (Wildman–Crippen MR) is 90.9 cm³/mol. The Morgan fingerprint density at radius 3 is 2.65 bits per heavy atom. The first kappa shape index (κ1) is 15.5. The fourth-order valence-corrected chi connectivity index (χ4v) is 3.23. The molecule has 1 aromatic heterocycles. The van der Waals surface area contributed by atoms with Crippen LogP contribution < -0.4 is 10.9 Å². The standard InChI is InChI=1S/C19H22N2O2/c1-12(2)18-16(9-10-17(22)21-18)19(23)20-15-8-7-13-5-3-4-6-14(13)11-15/h3-6,9-10,12,15H,7-8,11H2,1-2H3,(H,20,23)(H,21,22). The topological polar surface area (TPSA) is 62.0 Å². The Morgan fingerprint density at radius 2 is 1.91 bits per heavy atom. The number of aromatic nitrogens is 1. The van der Waals surface area contributed by atoms with Crippen LogP contribution in [0.25, 0.3) is 0 Å². The van der Waals surface area contributed by atoms with Gasteiger partial charge in [0.25, 0.3) is 5.91 Å². The van der Waals surface area contributed by atoms with Crippen LogP contribution in [-0.2, 0) is 12.8 Å². The quantitative estimate of drug-likeness (QED) is 0.915. The van der Waals surface area contributed by atoms with Gasteiger partial charge in [0.2, 0.25) is 5.56 Å². The molecule has 120 valence electrons. The molecule has 1 aromatic carbocycles. The largest absolute Gasteiger partial charge is 0.349 e. The highest BCUT2D eigenvalue weighted by molar-refractivity contribution is 5.95. The molecular weight excluding hydrogens is 288 g/mol. The molecule has 1 atom stereocenters. The summed E-state index contributed by atoms with van der Waals surface area (Å²) in [4.78, 5) is 26.9. The van der Waals surface area contributed by atoms with Crippen LogP contribution in [0.1, 0.15) is 53.4 Å². The number of hydrogen-bond donors (Lipinski definition) is 2. The van der Waals surface area contributed by atoms with E-state index in [1.54, 1.807) is 6.07 Å². The zero-order chi connectivity index (χ0) is 16.4. The van der Waals surface area contributed by atoms with E-state index in [0.29, 0.717) is 11.3 Å². The van der Waals surface area contributed by atoms with Crippen molar-refractivity contribution in [2.24, 2.45) is 0 Å². The monoisotopic (exact) mass is 310 g/mol. The van der Waals surface area contributed by atoms with E-state index in [-0.39, 0.29) is 23.4 Å². The second-order valence-corrected chi connectivity index (χ2v) is 6.49. The Labute approximate surface area is 135 Å². The summed E-state index contributed by atoms with van der Waals surface area (Å²) < 4.78 is 0. The third-order valence-electron chi connectivity index (χ3n) is 4.45. The van der Waals surface area contributed by atoms with E-state index in [9.17, 15) is 9.59 Å². The molecule has 4 nitrogen and oxygen atoms in total. The number of aryl methyl sites for hydroxylation is 1. The highest BCUT2D eigenvalue weighted by Crippen LogP contribution is 2.22. The number of benzene rings is 1. The van der Waals surface area contributed by atoms with Crippen molar-refractivity contribution in [2.75, 3.05) is 0 Å². The molecule has 1 amide bonds. The summed E-state index contributed by atoms with van der Waals surface area (Å²) in [5, 5.41) is 3.13. The normalized spacial score (nSPS) is 16.9. The lowest BCUT2D eigenvalue weighted by Gasteiger charge is -2.26. The lowest BCUT2D eigenvalue weighted by Crippen LogP contribution is -2.39. The number of rotatable bonds is 3. The predicted octanol–water partition coefficient (Wildman–Crippen LogP) is 2.79. The van der Waals surface area contributed by atoms with Crippen molar-refractivity contribution >= 4 is 5.91 Å². The van der Waals surface area contributed by atoms with E-state index in [0.717, 1.165) is 19.3 Å². The van der Waals surface area contributed by atoms with Gasteiger partial charge in [-0.2, -0.15) is 0 Å². The van der Waals surface area contributed by atoms with E-state index in [2.05, 4.69) is 28.5 Å². The molecule has 0 bridgehead atoms. The number of hydrogen-bond acceptors (Lipinski definition) is 2. The van der Waals surface area contributed by atoms with Crippen LogP contribution in [0.3, 0.4) is 0 Å². The third kappa shape index (κ3) is 3.36. The zero-order valence-electron chi connectivity index (χ0n) is 13.6. The van der Waals surface area contributed by atoms with Crippen molar-refractivity contribution in [1.29, 1.82) is 0 Å². The molecule has 0 aliphatic heterocycles. The lowest BCUT2D eigenvalue weighted by atomic mass is 9.88. The minimum absolute atomic E-state index is 0.0942. The van der Waals surface area contributed by atoms with Crippen LogP contribution in [0, 0.1) is 0 Å². The number of aromatic amines is 1. The van der Waals surface area contributed by atoms with Crippen LogP contribution in [0.5, 0.6) is 0 Å². The number of amides is 1. The third-order valence-corrected chi connectivity index (χ3v) is 4.45. The molecule has 0 fully saturated rings. The van der Waals surface area contributed by atoms with Crippen molar-refractivity contribution in [3.63, 3.8) is 0 Å². The summed E-state index contributed by atoms with van der Waals surface area (Å²) in [5.74, 6) is -0.00828. The molecule has 23 heavy (non-hydrogen) atoms. The molecule has 4 heteroatoms. The maximum Gasteiger partial charge on any atom is 0.253 e. The van der Waals surface area contributed by atoms with E-state index < -0.39 is 0 Å². The van der Waals surface area contributed by atoms with Gasteiger partial charge in [0.05, 0.1) is 5.56 Å². The van der Waals surface area contributed by atoms with Gasteiger partial charge in [-0.15, -0.1) is 0 Å². The van der Waals surface area contributed by atoms with E-state index >= 15 is 0 Å². The van der Waals surface area contributed by atoms with Gasteiger partial charge in [-0.3, -0.25) is 9.59 Å². The van der Waals surface area contributed by atoms with Crippen LogP contribution in [0.2, 0.25) is 0 Å². The molecule has 2 aromatic rings. The first-order valence-corrected chi connectivity index (χ1v) is 8.15. The molecule has 0 saturated carbocycles. The lowest BCUT2D eigenvalue weighted by molar-refractivity contribution is 0.0932. The number of nitrogens with one attached hydrogen (secondary N) is 2. The molecule has 1 aliphatic rings. The second-order valence-electron chi connectivity index (χ2n) is 6.49. The van der Waals surface area contributed by atoms with Crippen molar-refractivity contribution < 1.29 is 4.79 Å². The molecule has 0 saturated heterocycles. The molecule has 1 heterocycles. The number of fused-ring (bicyclic) bond motifs is 1. The number of H-pyrrole nitrogens is 1. The molecule has 2 N–H and O–H groups in total.